The summed E-state index contributed by atoms with van der Waals surface area (Å²) in [6, 6.07) is 15.0. The van der Waals surface area contributed by atoms with Crippen LogP contribution in [0.4, 0.5) is 28.2 Å². The van der Waals surface area contributed by atoms with E-state index in [-0.39, 0.29) is 43.0 Å². The maximum atomic E-state index is 17.1. The Hall–Kier alpha value is -5.32. The number of alkyl halides is 3. The van der Waals surface area contributed by atoms with E-state index < -0.39 is 79.1 Å². The third kappa shape index (κ3) is 9.52. The maximum absolute atomic E-state index is 17.1. The van der Waals surface area contributed by atoms with Crippen LogP contribution < -0.4 is 30.0 Å². The smallest absolute Gasteiger partial charge is 0.418 e. The summed E-state index contributed by atoms with van der Waals surface area (Å²) in [5.41, 5.74) is -3.87. The molecule has 5 heterocycles. The summed E-state index contributed by atoms with van der Waals surface area (Å²) in [7, 11) is 3.07. The van der Waals surface area contributed by atoms with Gasteiger partial charge in [0, 0.05) is 38.3 Å². The van der Waals surface area contributed by atoms with Crippen LogP contribution in [0.1, 0.15) is 55.9 Å². The normalized spacial score (nSPS) is 17.8. The number of hydrogen-bond acceptors (Lipinski definition) is 10. The van der Waals surface area contributed by atoms with E-state index in [4.69, 9.17) is 42.1 Å². The molecule has 1 amide bonds. The number of amides is 1. The van der Waals surface area contributed by atoms with Crippen LogP contribution in [-0.2, 0) is 24.0 Å². The minimum Gasteiger partial charge on any atom is -0.497 e. The number of H-pyrrole nitrogens is 1. The average Bonchev–Trinajstić information content (AvgIpc) is 3.51. The number of methoxy groups -OCH3 is 2. The molecular weight excluding hydrogens is 855 g/mol. The predicted molar refractivity (Wildman–Crippen MR) is 228 cm³/mol. The van der Waals surface area contributed by atoms with E-state index in [1.54, 1.807) is 54.8 Å². The first-order valence-electron chi connectivity index (χ1n) is 19.9. The molecule has 2 aromatic heterocycles. The number of pyridine rings is 1. The molecule has 3 atom stereocenters. The van der Waals surface area contributed by atoms with E-state index in [0.29, 0.717) is 31.0 Å². The van der Waals surface area contributed by atoms with Gasteiger partial charge >= 0.3 is 12.3 Å². The number of nitrogens with zero attached hydrogens (tertiary/aromatic N) is 4. The molecule has 2 bridgehead atoms. The monoisotopic (exact) mass is 900 g/mol. The summed E-state index contributed by atoms with van der Waals surface area (Å²) in [5.74, 6) is -0.607. The summed E-state index contributed by atoms with van der Waals surface area (Å²) in [5, 5.41) is 1.85. The molecule has 3 fully saturated rings. The quantitative estimate of drug-likeness (QED) is 0.0977. The van der Waals surface area contributed by atoms with Crippen molar-refractivity contribution in [3.63, 3.8) is 0 Å². The zero-order valence-corrected chi connectivity index (χ0v) is 36.4. The van der Waals surface area contributed by atoms with Gasteiger partial charge in [-0.3, -0.25) is 9.78 Å². The first kappa shape index (κ1) is 44.7. The summed E-state index contributed by atoms with van der Waals surface area (Å²) < 4.78 is 85.5. The van der Waals surface area contributed by atoms with Crippen LogP contribution in [-0.4, -0.2) is 77.5 Å². The Morgan fingerprint density at radius 3 is 2.13 bits per heavy atom. The van der Waals surface area contributed by atoms with E-state index in [1.165, 1.54) is 27.2 Å². The summed E-state index contributed by atoms with van der Waals surface area (Å²) in [6.07, 6.45) is -4.08. The lowest BCUT2D eigenvalue weighted by Crippen LogP contribution is -2.49. The Morgan fingerprint density at radius 2 is 1.56 bits per heavy atom. The van der Waals surface area contributed by atoms with E-state index in [2.05, 4.69) is 20.3 Å². The number of nitrogens with one attached hydrogen (secondary N) is 2. The fourth-order valence-corrected chi connectivity index (χ4v) is 8.53. The number of fused-ring (bicyclic) bond motifs is 5. The highest BCUT2D eigenvalue weighted by Crippen LogP contribution is 2.48. The van der Waals surface area contributed by atoms with Gasteiger partial charge in [-0.05, 0) is 105 Å². The first-order valence-corrected chi connectivity index (χ1v) is 20.7. The molecule has 3 aromatic carbocycles. The van der Waals surface area contributed by atoms with Gasteiger partial charge in [-0.15, -0.1) is 0 Å². The highest BCUT2D eigenvalue weighted by Gasteiger charge is 2.42. The lowest BCUT2D eigenvalue weighted by molar-refractivity contribution is -0.137. The molecule has 12 nitrogen and oxygen atoms in total. The van der Waals surface area contributed by atoms with Crippen molar-refractivity contribution >= 4 is 46.0 Å². The van der Waals surface area contributed by atoms with E-state index in [1.807, 2.05) is 24.3 Å². The SMILES string of the molecule is COc1ccc(CN(Cc2ccc(OC)cc2)c2cc(C)c(C(F)(F)F)c(-c3c(Cl)c(OC[C@H]4NC[C@H]5CC[C@@H]4CN5C(=O)OC(C)(C)C)c4c(=O)[nH]c(Cl)nc4c3F)n2)cc1. The predicted octanol–water partition coefficient (Wildman–Crippen LogP) is 9.35. The second-order valence-corrected chi connectivity index (χ2v) is 17.2. The molecule has 3 saturated heterocycles. The molecule has 0 spiro atoms. The highest BCUT2D eigenvalue weighted by molar-refractivity contribution is 6.36. The van der Waals surface area contributed by atoms with Crippen molar-refractivity contribution in [2.24, 2.45) is 5.92 Å². The van der Waals surface area contributed by atoms with Gasteiger partial charge in [0.25, 0.3) is 5.56 Å². The number of rotatable bonds is 11. The molecule has 62 heavy (non-hydrogen) atoms. The number of ether oxygens (including phenoxy) is 4. The van der Waals surface area contributed by atoms with Crippen molar-refractivity contribution in [1.82, 2.24) is 25.2 Å². The maximum Gasteiger partial charge on any atom is 0.418 e. The summed E-state index contributed by atoms with van der Waals surface area (Å²) in [4.78, 5) is 41.0. The number of carbonyl (C=O) groups excluding carboxylic acids is 1. The van der Waals surface area contributed by atoms with Crippen LogP contribution in [0.15, 0.2) is 59.4 Å². The third-order valence-electron chi connectivity index (χ3n) is 11.0. The minimum atomic E-state index is -5.05. The number of carbonyl (C=O) groups is 1. The first-order chi connectivity index (χ1) is 29.3. The van der Waals surface area contributed by atoms with Crippen LogP contribution in [0.5, 0.6) is 17.2 Å². The molecule has 330 valence electrons. The second-order valence-electron chi connectivity index (χ2n) is 16.4. The number of piperidine rings is 1. The van der Waals surface area contributed by atoms with Gasteiger partial charge in [0.15, 0.2) is 11.6 Å². The molecule has 0 aliphatic carbocycles. The Labute approximate surface area is 365 Å². The van der Waals surface area contributed by atoms with E-state index in [0.717, 1.165) is 17.5 Å². The van der Waals surface area contributed by atoms with Crippen LogP contribution in [0.3, 0.4) is 0 Å². The van der Waals surface area contributed by atoms with Gasteiger partial charge in [-0.1, -0.05) is 35.9 Å². The average molecular weight is 902 g/mol. The molecule has 18 heteroatoms. The number of aromatic nitrogens is 3. The zero-order chi connectivity index (χ0) is 44.7. The number of aryl methyl sites for hydroxylation is 1. The van der Waals surface area contributed by atoms with Gasteiger partial charge in [-0.25, -0.2) is 19.2 Å². The minimum absolute atomic E-state index is 0.0695. The molecule has 0 radical (unpaired) electrons. The van der Waals surface area contributed by atoms with Gasteiger partial charge < -0.3 is 34.1 Å². The summed E-state index contributed by atoms with van der Waals surface area (Å²) in [6.45, 7) is 7.55. The second kappa shape index (κ2) is 17.8. The lowest BCUT2D eigenvalue weighted by Gasteiger charge is -2.38. The van der Waals surface area contributed by atoms with Crippen molar-refractivity contribution in [3.8, 4) is 28.5 Å². The van der Waals surface area contributed by atoms with Crippen LogP contribution in [0.2, 0.25) is 10.3 Å². The molecular formula is C44H46Cl2F4N6O6. The number of halogens is 6. The Bertz CT molecular complexity index is 2470. The highest BCUT2D eigenvalue weighted by atomic mass is 35.5. The molecule has 0 unspecified atom stereocenters. The van der Waals surface area contributed by atoms with Crippen molar-refractivity contribution in [1.29, 1.82) is 0 Å². The van der Waals surface area contributed by atoms with Gasteiger partial charge in [0.1, 0.15) is 40.4 Å². The molecule has 2 N–H and O–H groups in total. The molecule has 3 aliphatic rings. The summed E-state index contributed by atoms with van der Waals surface area (Å²) >= 11 is 13.1. The Kier molecular flexibility index (Phi) is 12.8. The van der Waals surface area contributed by atoms with Crippen LogP contribution in [0.25, 0.3) is 22.2 Å². The van der Waals surface area contributed by atoms with Gasteiger partial charge in [0.2, 0.25) is 5.28 Å². The standard InChI is InChI=1S/C44H46Cl2F4N6O6/c1-23-17-31(55(19-24-7-13-28(59-5)14-8-24)20-25-9-15-29(60-6)16-10-25)52-37(34(23)44(48,49)50)32-35(45)39(33-38(36(32)47)53-41(46)54-40(33)57)61-22-30-26-11-12-27(18-51-30)56(21-26)42(58)62-43(2,3)4/h7-10,13-17,26-27,30,51H,11-12,18-22H2,1-6H3,(H,53,54,57)/t26-,27-,30-/m1/s1. The van der Waals surface area contributed by atoms with Gasteiger partial charge in [-0.2, -0.15) is 13.2 Å². The zero-order valence-electron chi connectivity index (χ0n) is 34.9. The van der Waals surface area contributed by atoms with E-state index >= 15 is 17.6 Å². The fraction of sp³-hybridized carbons (Fsp3) is 0.409. The van der Waals surface area contributed by atoms with Crippen molar-refractivity contribution < 1.29 is 41.3 Å². The van der Waals surface area contributed by atoms with Crippen LogP contribution >= 0.6 is 23.2 Å². The number of aromatic amines is 1. The molecule has 8 rings (SSSR count). The fourth-order valence-electron chi connectivity index (χ4n) is 8.04. The van der Waals surface area contributed by atoms with Gasteiger partial charge in [0.05, 0.1) is 36.1 Å². The molecule has 0 saturated carbocycles. The lowest BCUT2D eigenvalue weighted by atomic mass is 9.90. The van der Waals surface area contributed by atoms with Crippen molar-refractivity contribution in [2.45, 2.75) is 77.5 Å². The van der Waals surface area contributed by atoms with Crippen molar-refractivity contribution in [3.05, 3.63) is 103 Å². The molecule has 3 aliphatic heterocycles. The number of anilines is 1. The Morgan fingerprint density at radius 1 is 0.952 bits per heavy atom. The Balaban J connectivity index is 1.34. The third-order valence-corrected chi connectivity index (χ3v) is 11.6. The topological polar surface area (TPSA) is 131 Å². The number of benzene rings is 3. The largest absolute Gasteiger partial charge is 0.497 e. The van der Waals surface area contributed by atoms with Crippen molar-refractivity contribution in [2.75, 3.05) is 38.8 Å². The molecule has 5 aromatic rings. The van der Waals surface area contributed by atoms with E-state index in [9.17, 15) is 9.59 Å². The van der Waals surface area contributed by atoms with Crippen LogP contribution in [0, 0.1) is 18.7 Å². The number of hydrogen-bond donors (Lipinski definition) is 2.